The molecule has 0 saturated carbocycles. The van der Waals surface area contributed by atoms with Gasteiger partial charge in [0.15, 0.2) is 0 Å². The van der Waals surface area contributed by atoms with E-state index in [2.05, 4.69) is 4.72 Å². The fraction of sp³-hybridized carbons (Fsp3) is 0.222. The van der Waals surface area contributed by atoms with Crippen LogP contribution in [0.3, 0.4) is 0 Å². The van der Waals surface area contributed by atoms with E-state index in [0.717, 1.165) is 16.5 Å². The lowest BCUT2D eigenvalue weighted by atomic mass is 10.1. The summed E-state index contributed by atoms with van der Waals surface area (Å²) in [6, 6.07) is 16.3. The average Bonchev–Trinajstić information content (AvgIpc) is 3.00. The van der Waals surface area contributed by atoms with E-state index in [1.54, 1.807) is 18.2 Å². The zero-order chi connectivity index (χ0) is 17.2. The molecule has 24 heavy (non-hydrogen) atoms. The summed E-state index contributed by atoms with van der Waals surface area (Å²) in [6.07, 6.45) is 1.45. The molecule has 0 aliphatic rings. The minimum atomic E-state index is -3.59. The number of hydrogen-bond acceptors (Lipinski definition) is 3. The highest BCUT2D eigenvalue weighted by atomic mass is 32.2. The van der Waals surface area contributed by atoms with Gasteiger partial charge < -0.3 is 9.67 Å². The fourth-order valence-corrected chi connectivity index (χ4v) is 3.80. The summed E-state index contributed by atoms with van der Waals surface area (Å²) in [5.74, 6) is 0. The lowest BCUT2D eigenvalue weighted by Crippen LogP contribution is -2.26. The van der Waals surface area contributed by atoms with E-state index in [4.69, 9.17) is 0 Å². The fourth-order valence-electron chi connectivity index (χ4n) is 2.72. The van der Waals surface area contributed by atoms with E-state index in [-0.39, 0.29) is 11.4 Å². The highest BCUT2D eigenvalue weighted by Gasteiger charge is 2.16. The Balaban J connectivity index is 1.68. The molecule has 0 fully saturated rings. The van der Waals surface area contributed by atoms with Gasteiger partial charge in [0.05, 0.1) is 11.0 Å². The second-order valence-electron chi connectivity index (χ2n) is 5.76. The van der Waals surface area contributed by atoms with Crippen molar-refractivity contribution in [2.45, 2.75) is 17.4 Å². The molecular formula is C18H20N2O3S. The van der Waals surface area contributed by atoms with Crippen molar-refractivity contribution >= 4 is 20.8 Å². The summed E-state index contributed by atoms with van der Waals surface area (Å²) in [6.45, 7) is 0.168. The maximum absolute atomic E-state index is 12.4. The molecule has 3 aromatic rings. The standard InChI is InChI=1S/C18H20N2O3S/c1-20-12-4-7-17(20)18(21)10-11-19-24(22,23)16-9-8-14-5-2-3-6-15(14)13-16/h2-9,12-13,18-19,21H,10-11H2,1H3. The number of sulfonamides is 1. The zero-order valence-electron chi connectivity index (χ0n) is 13.4. The van der Waals surface area contributed by atoms with Crippen molar-refractivity contribution in [1.82, 2.24) is 9.29 Å². The van der Waals surface area contributed by atoms with Crippen molar-refractivity contribution in [3.8, 4) is 0 Å². The van der Waals surface area contributed by atoms with Crippen LogP contribution in [0.4, 0.5) is 0 Å². The molecule has 126 valence electrons. The normalized spacial score (nSPS) is 13.2. The van der Waals surface area contributed by atoms with Gasteiger partial charge in [0.25, 0.3) is 0 Å². The summed E-state index contributed by atoms with van der Waals surface area (Å²) >= 11 is 0. The maximum atomic E-state index is 12.4. The van der Waals surface area contributed by atoms with Crippen LogP contribution >= 0.6 is 0 Å². The molecule has 3 rings (SSSR count). The number of aryl methyl sites for hydroxylation is 1. The number of rotatable bonds is 6. The van der Waals surface area contributed by atoms with Crippen molar-refractivity contribution in [3.63, 3.8) is 0 Å². The van der Waals surface area contributed by atoms with E-state index in [1.807, 2.05) is 54.2 Å². The van der Waals surface area contributed by atoms with Gasteiger partial charge in [0, 0.05) is 25.5 Å². The Morgan fingerprint density at radius 2 is 1.83 bits per heavy atom. The predicted molar refractivity (Wildman–Crippen MR) is 94.1 cm³/mol. The van der Waals surface area contributed by atoms with Crippen LogP contribution in [0.2, 0.25) is 0 Å². The number of nitrogens with one attached hydrogen (secondary N) is 1. The van der Waals surface area contributed by atoms with Gasteiger partial charge in [-0.15, -0.1) is 0 Å². The van der Waals surface area contributed by atoms with Crippen LogP contribution < -0.4 is 4.72 Å². The second-order valence-corrected chi connectivity index (χ2v) is 7.52. The second kappa shape index (κ2) is 6.76. The Morgan fingerprint density at radius 3 is 2.54 bits per heavy atom. The SMILES string of the molecule is Cn1cccc1C(O)CCNS(=O)(=O)c1ccc2ccccc2c1. The van der Waals surface area contributed by atoms with Crippen molar-refractivity contribution in [3.05, 3.63) is 66.5 Å². The molecule has 0 saturated heterocycles. The van der Waals surface area contributed by atoms with Gasteiger partial charge in [-0.05, 0) is 41.5 Å². The molecule has 0 bridgehead atoms. The number of aliphatic hydroxyl groups excluding tert-OH is 1. The van der Waals surface area contributed by atoms with Gasteiger partial charge in [-0.1, -0.05) is 30.3 Å². The lowest BCUT2D eigenvalue weighted by Gasteiger charge is -2.13. The molecule has 2 aromatic carbocycles. The maximum Gasteiger partial charge on any atom is 0.240 e. The van der Waals surface area contributed by atoms with Crippen LogP contribution in [0.25, 0.3) is 10.8 Å². The summed E-state index contributed by atoms with van der Waals surface area (Å²) in [4.78, 5) is 0.231. The first-order valence-corrected chi connectivity index (χ1v) is 9.23. The summed E-state index contributed by atoms with van der Waals surface area (Å²) in [5, 5.41) is 12.0. The number of benzene rings is 2. The Bertz CT molecular complexity index is 948. The molecule has 0 spiro atoms. The largest absolute Gasteiger partial charge is 0.387 e. The number of aliphatic hydroxyl groups is 1. The molecule has 1 atom stereocenters. The first-order valence-electron chi connectivity index (χ1n) is 7.75. The summed E-state index contributed by atoms with van der Waals surface area (Å²) in [5.41, 5.74) is 0.764. The zero-order valence-corrected chi connectivity index (χ0v) is 14.2. The highest BCUT2D eigenvalue weighted by molar-refractivity contribution is 7.89. The third-order valence-electron chi connectivity index (χ3n) is 4.07. The van der Waals surface area contributed by atoms with E-state index < -0.39 is 16.1 Å². The van der Waals surface area contributed by atoms with Crippen molar-refractivity contribution in [2.75, 3.05) is 6.54 Å². The van der Waals surface area contributed by atoms with E-state index >= 15 is 0 Å². The molecule has 0 radical (unpaired) electrons. The first-order chi connectivity index (χ1) is 11.5. The van der Waals surface area contributed by atoms with Crippen LogP contribution in [0.1, 0.15) is 18.2 Å². The number of fused-ring (bicyclic) bond motifs is 1. The Morgan fingerprint density at radius 1 is 1.08 bits per heavy atom. The van der Waals surface area contributed by atoms with Crippen molar-refractivity contribution in [2.24, 2.45) is 7.05 Å². The summed E-state index contributed by atoms with van der Waals surface area (Å²) < 4.78 is 29.2. The minimum Gasteiger partial charge on any atom is -0.387 e. The lowest BCUT2D eigenvalue weighted by molar-refractivity contribution is 0.161. The first kappa shape index (κ1) is 16.7. The number of hydrogen-bond donors (Lipinski definition) is 2. The van der Waals surface area contributed by atoms with Gasteiger partial charge in [0.2, 0.25) is 10.0 Å². The Hall–Kier alpha value is -2.15. The molecule has 0 aliphatic heterocycles. The molecule has 6 heteroatoms. The van der Waals surface area contributed by atoms with Gasteiger partial charge in [-0.2, -0.15) is 0 Å². The van der Waals surface area contributed by atoms with Gasteiger partial charge in [0.1, 0.15) is 0 Å². The van der Waals surface area contributed by atoms with Crippen molar-refractivity contribution < 1.29 is 13.5 Å². The van der Waals surface area contributed by atoms with Crippen LogP contribution in [-0.4, -0.2) is 24.6 Å². The Kier molecular flexibility index (Phi) is 4.71. The molecule has 0 amide bonds. The molecule has 1 aromatic heterocycles. The van der Waals surface area contributed by atoms with Crippen LogP contribution in [-0.2, 0) is 17.1 Å². The third kappa shape index (κ3) is 3.51. The molecule has 0 aliphatic carbocycles. The minimum absolute atomic E-state index is 0.168. The van der Waals surface area contributed by atoms with Crippen LogP contribution in [0.5, 0.6) is 0 Å². The molecule has 2 N–H and O–H groups in total. The molecule has 1 unspecified atom stereocenters. The topological polar surface area (TPSA) is 71.3 Å². The third-order valence-corrected chi connectivity index (χ3v) is 5.53. The molecular weight excluding hydrogens is 324 g/mol. The van der Waals surface area contributed by atoms with Gasteiger partial charge in [-0.25, -0.2) is 13.1 Å². The van der Waals surface area contributed by atoms with E-state index in [0.29, 0.717) is 6.42 Å². The number of aromatic nitrogens is 1. The van der Waals surface area contributed by atoms with Gasteiger partial charge >= 0.3 is 0 Å². The Labute approximate surface area is 141 Å². The number of nitrogens with zero attached hydrogens (tertiary/aromatic N) is 1. The van der Waals surface area contributed by atoms with Crippen LogP contribution in [0.15, 0.2) is 65.7 Å². The van der Waals surface area contributed by atoms with Crippen molar-refractivity contribution in [1.29, 1.82) is 0 Å². The molecule has 5 nitrogen and oxygen atoms in total. The highest BCUT2D eigenvalue weighted by Crippen LogP contribution is 2.20. The predicted octanol–water partition coefficient (Wildman–Crippen LogP) is 2.58. The summed E-state index contributed by atoms with van der Waals surface area (Å²) in [7, 11) is -1.75. The smallest absolute Gasteiger partial charge is 0.240 e. The monoisotopic (exact) mass is 344 g/mol. The molecule has 1 heterocycles. The van der Waals surface area contributed by atoms with E-state index in [1.165, 1.54) is 0 Å². The van der Waals surface area contributed by atoms with Crippen LogP contribution in [0, 0.1) is 0 Å². The average molecular weight is 344 g/mol. The van der Waals surface area contributed by atoms with E-state index in [9.17, 15) is 13.5 Å². The quantitative estimate of drug-likeness (QED) is 0.722. The van der Waals surface area contributed by atoms with Gasteiger partial charge in [-0.3, -0.25) is 0 Å².